The van der Waals surface area contributed by atoms with E-state index < -0.39 is 0 Å². The Balaban J connectivity index is 1.07. The molecule has 0 saturated heterocycles. The van der Waals surface area contributed by atoms with Crippen LogP contribution in [0.25, 0.3) is 111 Å². The Hall–Kier alpha value is -7.17. The van der Waals surface area contributed by atoms with Gasteiger partial charge in [0.15, 0.2) is 17.5 Å². The molecule has 0 atom stereocenters. The minimum atomic E-state index is -0.231. The highest BCUT2D eigenvalue weighted by atomic mass is 16.3. The maximum atomic E-state index is 6.57. The lowest BCUT2D eigenvalue weighted by Gasteiger charge is -2.24. The number of nitrogens with zero attached hydrogens (tertiary/aromatic N) is 3. The summed E-state index contributed by atoms with van der Waals surface area (Å²) in [5.41, 5.74) is 16.8. The third kappa shape index (κ3) is 4.32. The minimum Gasteiger partial charge on any atom is -0.456 e. The van der Waals surface area contributed by atoms with Crippen molar-refractivity contribution in [1.29, 1.82) is 0 Å². The lowest BCUT2D eigenvalue weighted by atomic mass is 9.80. The van der Waals surface area contributed by atoms with Gasteiger partial charge in [0.2, 0.25) is 0 Å². The maximum absolute atomic E-state index is 6.57. The van der Waals surface area contributed by atoms with Gasteiger partial charge in [0.25, 0.3) is 0 Å². The van der Waals surface area contributed by atoms with Crippen molar-refractivity contribution in [1.82, 2.24) is 15.0 Å². The number of furan rings is 1. The highest BCUT2D eigenvalue weighted by Crippen LogP contribution is 2.52. The molecule has 56 heavy (non-hydrogen) atoms. The fourth-order valence-electron chi connectivity index (χ4n) is 9.61. The molecule has 0 radical (unpaired) electrons. The predicted octanol–water partition coefficient (Wildman–Crippen LogP) is 13.5. The highest BCUT2D eigenvalue weighted by molar-refractivity contribution is 6.19. The second kappa shape index (κ2) is 11.4. The summed E-state index contributed by atoms with van der Waals surface area (Å²) in [4.78, 5) is 15.8. The van der Waals surface area contributed by atoms with Gasteiger partial charge in [0.1, 0.15) is 11.2 Å². The number of rotatable bonds is 4. The summed E-state index contributed by atoms with van der Waals surface area (Å²) in [5, 5.41) is 4.58. The molecule has 0 amide bonds. The first-order chi connectivity index (χ1) is 27.5. The van der Waals surface area contributed by atoms with E-state index in [4.69, 9.17) is 19.4 Å². The van der Waals surface area contributed by atoms with E-state index in [1.54, 1.807) is 0 Å². The summed E-state index contributed by atoms with van der Waals surface area (Å²) < 4.78 is 6.57. The van der Waals surface area contributed by atoms with Gasteiger partial charge in [-0.1, -0.05) is 159 Å². The van der Waals surface area contributed by atoms with Crippen molar-refractivity contribution in [3.63, 3.8) is 0 Å². The molecule has 4 heteroatoms. The number of hydrogen-bond acceptors (Lipinski definition) is 4. The SMILES string of the molecule is CC1(C)c2ccccc2-c2cccc(-c3nc(-c4ccccc4)nc(-c4cccc5oc6ccc(-c7ccc8c9c(cccc79)-c7ccccc7-8)cc6c45)n3)c21. The van der Waals surface area contributed by atoms with Crippen LogP contribution in [0, 0.1) is 0 Å². The average molecular weight is 716 g/mol. The van der Waals surface area contributed by atoms with Gasteiger partial charge in [-0.15, -0.1) is 0 Å². The first-order valence-electron chi connectivity index (χ1n) is 19.2. The van der Waals surface area contributed by atoms with Gasteiger partial charge in [-0.05, 0) is 84.6 Å². The number of aromatic nitrogens is 3. The van der Waals surface area contributed by atoms with Crippen LogP contribution < -0.4 is 0 Å². The molecule has 2 aromatic heterocycles. The van der Waals surface area contributed by atoms with E-state index in [0.717, 1.165) is 44.2 Å². The smallest absolute Gasteiger partial charge is 0.164 e. The van der Waals surface area contributed by atoms with Crippen LogP contribution in [0.5, 0.6) is 0 Å². The van der Waals surface area contributed by atoms with E-state index in [9.17, 15) is 0 Å². The number of benzene rings is 8. The molecule has 0 bridgehead atoms. The topological polar surface area (TPSA) is 51.8 Å². The van der Waals surface area contributed by atoms with E-state index in [-0.39, 0.29) is 5.41 Å². The third-order valence-corrected chi connectivity index (χ3v) is 12.1. The molecule has 0 N–H and O–H groups in total. The Morgan fingerprint density at radius 1 is 0.375 bits per heavy atom. The van der Waals surface area contributed by atoms with Gasteiger partial charge in [-0.25, -0.2) is 15.0 Å². The van der Waals surface area contributed by atoms with Gasteiger partial charge in [-0.3, -0.25) is 0 Å². The lowest BCUT2D eigenvalue weighted by molar-refractivity contribution is 0.661. The first kappa shape index (κ1) is 31.2. The molecule has 0 unspecified atom stereocenters. The van der Waals surface area contributed by atoms with Crippen molar-refractivity contribution in [2.24, 2.45) is 0 Å². The van der Waals surface area contributed by atoms with Crippen molar-refractivity contribution in [3.05, 3.63) is 175 Å². The molecule has 4 nitrogen and oxygen atoms in total. The zero-order valence-corrected chi connectivity index (χ0v) is 30.8. The van der Waals surface area contributed by atoms with Gasteiger partial charge in [-0.2, -0.15) is 0 Å². The molecule has 0 fully saturated rings. The fourth-order valence-corrected chi connectivity index (χ4v) is 9.61. The standard InChI is InChI=1S/C52H33N3O/c1-52(2)43-23-9-8-17-35(43)39-20-11-22-41(48(39)52)51-54-49(30-13-4-3-5-14-30)53-50(55-51)40-21-12-24-45-47(40)42-29-31(25-28-44(42)56-45)32-26-27-38-34-16-7-6-15-33(34)37-19-10-18-36(32)46(37)38/h3-29H,1-2H3. The summed E-state index contributed by atoms with van der Waals surface area (Å²) >= 11 is 0. The summed E-state index contributed by atoms with van der Waals surface area (Å²) in [6, 6.07) is 58.2. The number of hydrogen-bond donors (Lipinski definition) is 0. The Labute approximate surface area is 323 Å². The molecule has 0 spiro atoms. The van der Waals surface area contributed by atoms with Crippen molar-refractivity contribution in [3.8, 4) is 78.7 Å². The van der Waals surface area contributed by atoms with Crippen molar-refractivity contribution in [2.75, 3.05) is 0 Å². The Kier molecular flexibility index (Phi) is 6.37. The van der Waals surface area contributed by atoms with E-state index in [0.29, 0.717) is 17.5 Å². The minimum absolute atomic E-state index is 0.231. The van der Waals surface area contributed by atoms with Crippen LogP contribution in [0.2, 0.25) is 0 Å². The average Bonchev–Trinajstić information content (AvgIpc) is 3.87. The molecule has 2 heterocycles. The summed E-state index contributed by atoms with van der Waals surface area (Å²) in [6.07, 6.45) is 0. The molecule has 12 rings (SSSR count). The van der Waals surface area contributed by atoms with Crippen LogP contribution in [0.4, 0.5) is 0 Å². The molecule has 0 aliphatic heterocycles. The van der Waals surface area contributed by atoms with Crippen LogP contribution in [-0.4, -0.2) is 15.0 Å². The Bertz CT molecular complexity index is 3250. The number of fused-ring (bicyclic) bond motifs is 9. The van der Waals surface area contributed by atoms with E-state index in [1.807, 2.05) is 30.3 Å². The van der Waals surface area contributed by atoms with Gasteiger partial charge >= 0.3 is 0 Å². The van der Waals surface area contributed by atoms with E-state index >= 15 is 0 Å². The molecular formula is C52H33N3O. The van der Waals surface area contributed by atoms with Crippen LogP contribution in [0.1, 0.15) is 25.0 Å². The van der Waals surface area contributed by atoms with E-state index in [2.05, 4.69) is 147 Å². The normalized spacial score (nSPS) is 13.3. The summed E-state index contributed by atoms with van der Waals surface area (Å²) in [6.45, 7) is 4.61. The zero-order valence-electron chi connectivity index (χ0n) is 30.8. The van der Waals surface area contributed by atoms with Gasteiger partial charge in [0, 0.05) is 32.9 Å². The van der Waals surface area contributed by atoms with Crippen LogP contribution in [0.15, 0.2) is 168 Å². The molecular weight excluding hydrogens is 683 g/mol. The fraction of sp³-hybridized carbons (Fsp3) is 0.0577. The quantitative estimate of drug-likeness (QED) is 0.182. The molecule has 0 saturated carbocycles. The van der Waals surface area contributed by atoms with Gasteiger partial charge < -0.3 is 4.42 Å². The van der Waals surface area contributed by atoms with E-state index in [1.165, 1.54) is 60.8 Å². The second-order valence-corrected chi connectivity index (χ2v) is 15.5. The molecule has 10 aromatic rings. The first-order valence-corrected chi connectivity index (χ1v) is 19.2. The van der Waals surface area contributed by atoms with Crippen LogP contribution in [-0.2, 0) is 5.41 Å². The van der Waals surface area contributed by atoms with Crippen molar-refractivity contribution >= 4 is 32.7 Å². The summed E-state index contributed by atoms with van der Waals surface area (Å²) in [5.74, 6) is 1.91. The van der Waals surface area contributed by atoms with Crippen molar-refractivity contribution < 1.29 is 4.42 Å². The highest BCUT2D eigenvalue weighted by Gasteiger charge is 2.38. The molecule has 2 aliphatic rings. The summed E-state index contributed by atoms with van der Waals surface area (Å²) in [7, 11) is 0. The second-order valence-electron chi connectivity index (χ2n) is 15.5. The van der Waals surface area contributed by atoms with Crippen LogP contribution in [0.3, 0.4) is 0 Å². The monoisotopic (exact) mass is 715 g/mol. The lowest BCUT2D eigenvalue weighted by Crippen LogP contribution is -2.17. The molecule has 2 aliphatic carbocycles. The Morgan fingerprint density at radius 2 is 0.982 bits per heavy atom. The maximum Gasteiger partial charge on any atom is 0.164 e. The van der Waals surface area contributed by atoms with Crippen LogP contribution >= 0.6 is 0 Å². The predicted molar refractivity (Wildman–Crippen MR) is 228 cm³/mol. The molecule has 8 aromatic carbocycles. The Morgan fingerprint density at radius 3 is 1.82 bits per heavy atom. The zero-order chi connectivity index (χ0) is 37.1. The largest absolute Gasteiger partial charge is 0.456 e. The van der Waals surface area contributed by atoms with Crippen molar-refractivity contribution in [2.45, 2.75) is 19.3 Å². The molecule has 262 valence electrons. The van der Waals surface area contributed by atoms with Gasteiger partial charge in [0.05, 0.1) is 0 Å². The third-order valence-electron chi connectivity index (χ3n) is 12.1.